The molecule has 0 saturated carbocycles. The molecule has 0 radical (unpaired) electrons. The number of hydrogen-bond acceptors (Lipinski definition) is 3. The molecule has 0 fully saturated rings. The fraction of sp³-hybridized carbons (Fsp3) is 0.625. The second-order valence-corrected chi connectivity index (χ2v) is 5.07. The summed E-state index contributed by atoms with van der Waals surface area (Å²) < 4.78 is 11.4. The Kier molecular flexibility index (Phi) is 5.67. The van der Waals surface area contributed by atoms with Gasteiger partial charge in [-0.1, -0.05) is 13.0 Å². The summed E-state index contributed by atoms with van der Waals surface area (Å²) in [6.45, 7) is 4.96. The van der Waals surface area contributed by atoms with E-state index in [1.54, 1.807) is 7.11 Å². The van der Waals surface area contributed by atoms with Crippen molar-refractivity contribution in [2.24, 2.45) is 0 Å². The van der Waals surface area contributed by atoms with Gasteiger partial charge in [0.15, 0.2) is 0 Å². The van der Waals surface area contributed by atoms with E-state index in [4.69, 9.17) is 9.47 Å². The highest BCUT2D eigenvalue weighted by Crippen LogP contribution is 2.34. The van der Waals surface area contributed by atoms with E-state index in [0.717, 1.165) is 38.3 Å². The van der Waals surface area contributed by atoms with Crippen LogP contribution in [-0.4, -0.2) is 26.8 Å². The SMILES string of the molecule is CCCNCCOC1CCCc2ccc(OC)cc21. The van der Waals surface area contributed by atoms with Crippen molar-refractivity contribution in [2.45, 2.75) is 38.7 Å². The molecule has 0 aliphatic heterocycles. The largest absolute Gasteiger partial charge is 0.497 e. The van der Waals surface area contributed by atoms with Crippen molar-refractivity contribution in [3.05, 3.63) is 29.3 Å². The first-order chi connectivity index (χ1) is 9.35. The third-order valence-electron chi connectivity index (χ3n) is 3.64. The number of nitrogens with one attached hydrogen (secondary N) is 1. The van der Waals surface area contributed by atoms with Gasteiger partial charge in [0, 0.05) is 6.54 Å². The number of rotatable bonds is 7. The van der Waals surface area contributed by atoms with E-state index in [-0.39, 0.29) is 6.10 Å². The number of hydrogen-bond donors (Lipinski definition) is 1. The van der Waals surface area contributed by atoms with Gasteiger partial charge in [0.1, 0.15) is 5.75 Å². The first kappa shape index (κ1) is 14.4. The number of fused-ring (bicyclic) bond motifs is 1. The molecule has 0 aromatic heterocycles. The first-order valence-corrected chi connectivity index (χ1v) is 7.34. The van der Waals surface area contributed by atoms with Crippen LogP contribution in [0.1, 0.15) is 43.4 Å². The molecule has 1 aliphatic rings. The third-order valence-corrected chi connectivity index (χ3v) is 3.64. The zero-order valence-corrected chi connectivity index (χ0v) is 12.1. The molecule has 3 nitrogen and oxygen atoms in total. The summed E-state index contributed by atoms with van der Waals surface area (Å²) in [7, 11) is 1.72. The van der Waals surface area contributed by atoms with Crippen molar-refractivity contribution in [2.75, 3.05) is 26.8 Å². The maximum Gasteiger partial charge on any atom is 0.119 e. The molecule has 0 heterocycles. The minimum Gasteiger partial charge on any atom is -0.497 e. The Morgan fingerprint density at radius 3 is 3.00 bits per heavy atom. The molecule has 0 saturated heterocycles. The van der Waals surface area contributed by atoms with Gasteiger partial charge in [-0.3, -0.25) is 0 Å². The average Bonchev–Trinajstić information content (AvgIpc) is 2.46. The standard InChI is InChI=1S/C16H25NO2/c1-3-9-17-10-11-19-16-6-4-5-13-7-8-14(18-2)12-15(13)16/h7-8,12,16-17H,3-6,9-11H2,1-2H3. The second kappa shape index (κ2) is 7.51. The van der Waals surface area contributed by atoms with Gasteiger partial charge in [-0.15, -0.1) is 0 Å². The molecule has 106 valence electrons. The van der Waals surface area contributed by atoms with Gasteiger partial charge in [-0.25, -0.2) is 0 Å². The van der Waals surface area contributed by atoms with E-state index in [1.807, 2.05) is 6.07 Å². The zero-order valence-electron chi connectivity index (χ0n) is 12.1. The number of aryl methyl sites for hydroxylation is 1. The lowest BCUT2D eigenvalue weighted by Crippen LogP contribution is -2.22. The molecule has 1 atom stereocenters. The van der Waals surface area contributed by atoms with Gasteiger partial charge in [0.25, 0.3) is 0 Å². The van der Waals surface area contributed by atoms with Crippen LogP contribution in [-0.2, 0) is 11.2 Å². The summed E-state index contributed by atoms with van der Waals surface area (Å²) in [5.74, 6) is 0.929. The Balaban J connectivity index is 1.92. The Morgan fingerprint density at radius 1 is 1.32 bits per heavy atom. The Bertz CT molecular complexity index is 392. The fourth-order valence-corrected chi connectivity index (χ4v) is 2.61. The van der Waals surface area contributed by atoms with E-state index >= 15 is 0 Å². The van der Waals surface area contributed by atoms with Gasteiger partial charge in [0.2, 0.25) is 0 Å². The molecule has 1 aromatic carbocycles. The number of methoxy groups -OCH3 is 1. The Hall–Kier alpha value is -1.06. The minimum absolute atomic E-state index is 0.238. The third kappa shape index (κ3) is 3.95. The van der Waals surface area contributed by atoms with E-state index in [9.17, 15) is 0 Å². The molecule has 19 heavy (non-hydrogen) atoms. The predicted octanol–water partition coefficient (Wildman–Crippen LogP) is 3.09. The second-order valence-electron chi connectivity index (χ2n) is 5.07. The molecule has 0 bridgehead atoms. The van der Waals surface area contributed by atoms with Crippen molar-refractivity contribution in [1.82, 2.24) is 5.32 Å². The molecule has 3 heteroatoms. The van der Waals surface area contributed by atoms with Gasteiger partial charge in [0.05, 0.1) is 19.8 Å². The fourth-order valence-electron chi connectivity index (χ4n) is 2.61. The monoisotopic (exact) mass is 263 g/mol. The minimum atomic E-state index is 0.238. The highest BCUT2D eigenvalue weighted by molar-refractivity contribution is 5.38. The molecule has 1 N–H and O–H groups in total. The van der Waals surface area contributed by atoms with Crippen LogP contribution in [0.25, 0.3) is 0 Å². The van der Waals surface area contributed by atoms with Crippen molar-refractivity contribution in [3.8, 4) is 5.75 Å². The van der Waals surface area contributed by atoms with Gasteiger partial charge in [-0.05, 0) is 55.5 Å². The van der Waals surface area contributed by atoms with Gasteiger partial charge >= 0.3 is 0 Å². The summed E-state index contributed by atoms with van der Waals surface area (Å²) in [5.41, 5.74) is 2.74. The highest BCUT2D eigenvalue weighted by atomic mass is 16.5. The van der Waals surface area contributed by atoms with Gasteiger partial charge < -0.3 is 14.8 Å². The average molecular weight is 263 g/mol. The van der Waals surface area contributed by atoms with Crippen molar-refractivity contribution < 1.29 is 9.47 Å². The van der Waals surface area contributed by atoms with Crippen molar-refractivity contribution in [3.63, 3.8) is 0 Å². The molecule has 0 spiro atoms. The van der Waals surface area contributed by atoms with Crippen LogP contribution in [0.2, 0.25) is 0 Å². The maximum atomic E-state index is 6.04. The zero-order chi connectivity index (χ0) is 13.5. The summed E-state index contributed by atoms with van der Waals surface area (Å²) in [5, 5.41) is 3.37. The first-order valence-electron chi connectivity index (χ1n) is 7.34. The normalized spacial score (nSPS) is 18.1. The van der Waals surface area contributed by atoms with Crippen LogP contribution >= 0.6 is 0 Å². The highest BCUT2D eigenvalue weighted by Gasteiger charge is 2.21. The Labute approximate surface area is 116 Å². The van der Waals surface area contributed by atoms with Gasteiger partial charge in [-0.2, -0.15) is 0 Å². The van der Waals surface area contributed by atoms with Crippen LogP contribution in [0.5, 0.6) is 5.75 Å². The molecule has 2 rings (SSSR count). The summed E-state index contributed by atoms with van der Waals surface area (Å²) >= 11 is 0. The summed E-state index contributed by atoms with van der Waals surface area (Å²) in [6, 6.07) is 6.36. The molecule has 0 amide bonds. The van der Waals surface area contributed by atoms with Crippen LogP contribution < -0.4 is 10.1 Å². The van der Waals surface area contributed by atoms with E-state index in [0.29, 0.717) is 0 Å². The maximum absolute atomic E-state index is 6.04. The lowest BCUT2D eigenvalue weighted by atomic mass is 9.89. The van der Waals surface area contributed by atoms with Crippen LogP contribution in [0, 0.1) is 0 Å². The summed E-state index contributed by atoms with van der Waals surface area (Å²) in [4.78, 5) is 0. The predicted molar refractivity (Wildman–Crippen MR) is 77.8 cm³/mol. The van der Waals surface area contributed by atoms with Crippen LogP contribution in [0.15, 0.2) is 18.2 Å². The molecule has 1 unspecified atom stereocenters. The lowest BCUT2D eigenvalue weighted by molar-refractivity contribution is 0.0426. The number of ether oxygens (including phenoxy) is 2. The van der Waals surface area contributed by atoms with Crippen molar-refractivity contribution in [1.29, 1.82) is 0 Å². The van der Waals surface area contributed by atoms with Crippen LogP contribution in [0.4, 0.5) is 0 Å². The van der Waals surface area contributed by atoms with Crippen LogP contribution in [0.3, 0.4) is 0 Å². The molecule has 1 aromatic rings. The Morgan fingerprint density at radius 2 is 2.21 bits per heavy atom. The van der Waals surface area contributed by atoms with E-state index in [1.165, 1.54) is 24.0 Å². The molecular weight excluding hydrogens is 238 g/mol. The lowest BCUT2D eigenvalue weighted by Gasteiger charge is -2.26. The number of benzene rings is 1. The molecule has 1 aliphatic carbocycles. The molecular formula is C16H25NO2. The smallest absolute Gasteiger partial charge is 0.119 e. The van der Waals surface area contributed by atoms with E-state index in [2.05, 4.69) is 24.4 Å². The summed E-state index contributed by atoms with van der Waals surface area (Å²) in [6.07, 6.45) is 4.90. The topological polar surface area (TPSA) is 30.5 Å². The van der Waals surface area contributed by atoms with Crippen molar-refractivity contribution >= 4 is 0 Å². The quantitative estimate of drug-likeness (QED) is 0.767. The van der Waals surface area contributed by atoms with E-state index < -0.39 is 0 Å².